The molecule has 0 saturated heterocycles. The van der Waals surface area contributed by atoms with Gasteiger partial charge in [0, 0.05) is 77.8 Å². The van der Waals surface area contributed by atoms with Crippen molar-refractivity contribution in [2.24, 2.45) is 0 Å². The normalized spacial score (nSPS) is 13.5. The van der Waals surface area contributed by atoms with Crippen LogP contribution in [0, 0.1) is 20.8 Å². The quantitative estimate of drug-likeness (QED) is 0.481. The minimum Gasteiger partial charge on any atom is -0.350 e. The van der Waals surface area contributed by atoms with Crippen molar-refractivity contribution in [2.75, 3.05) is 11.4 Å². The minimum absolute atomic E-state index is 0.167. The van der Waals surface area contributed by atoms with E-state index in [0.29, 0.717) is 22.9 Å². The van der Waals surface area contributed by atoms with Crippen LogP contribution in [0.1, 0.15) is 28.1 Å². The summed E-state index contributed by atoms with van der Waals surface area (Å²) in [7, 11) is 0. The molecule has 0 saturated carbocycles. The molecule has 156 valence electrons. The summed E-state index contributed by atoms with van der Waals surface area (Å²) in [5, 5.41) is 5.33. The van der Waals surface area contributed by atoms with E-state index in [1.54, 1.807) is 18.5 Å². The summed E-state index contributed by atoms with van der Waals surface area (Å²) in [5.74, 6) is 0.799. The Morgan fingerprint density at radius 1 is 1.10 bits per heavy atom. The number of rotatable bonds is 2. The zero-order chi connectivity index (χ0) is 21.7. The Morgan fingerprint density at radius 2 is 1.94 bits per heavy atom. The van der Waals surface area contributed by atoms with Gasteiger partial charge in [0.05, 0.1) is 5.02 Å². The van der Waals surface area contributed by atoms with E-state index in [2.05, 4.69) is 31.0 Å². The highest BCUT2D eigenvalue weighted by atomic mass is 35.5. The fourth-order valence-corrected chi connectivity index (χ4v) is 4.29. The van der Waals surface area contributed by atoms with Crippen molar-refractivity contribution in [1.82, 2.24) is 24.6 Å². The first-order chi connectivity index (χ1) is 14.9. The second-order valence-corrected chi connectivity index (χ2v) is 8.31. The molecule has 0 unspecified atom stereocenters. The lowest BCUT2D eigenvalue weighted by molar-refractivity contribution is 0.684. The van der Waals surface area contributed by atoms with Gasteiger partial charge in [-0.05, 0) is 38.5 Å². The Labute approximate surface area is 184 Å². The summed E-state index contributed by atoms with van der Waals surface area (Å²) in [6.07, 6.45) is 6.09. The van der Waals surface area contributed by atoms with Gasteiger partial charge in [0.15, 0.2) is 11.5 Å². The number of fused-ring (bicyclic) bond motifs is 2. The highest BCUT2D eigenvalue weighted by molar-refractivity contribution is 6.33. The van der Waals surface area contributed by atoms with Gasteiger partial charge in [0.25, 0.3) is 5.56 Å². The molecule has 0 radical (unpaired) electrons. The zero-order valence-corrected chi connectivity index (χ0v) is 18.3. The van der Waals surface area contributed by atoms with Gasteiger partial charge in [-0.1, -0.05) is 11.6 Å². The number of nitrogens with zero attached hydrogens (tertiary/aromatic N) is 6. The average molecular weight is 433 g/mol. The van der Waals surface area contributed by atoms with Crippen LogP contribution in [-0.4, -0.2) is 31.1 Å². The molecule has 0 atom stereocenters. The molecule has 0 spiro atoms. The molecule has 0 fully saturated rings. The van der Waals surface area contributed by atoms with Gasteiger partial charge in [0.1, 0.15) is 0 Å². The fraction of sp³-hybridized carbons (Fsp3) is 0.261. The Bertz CT molecular complexity index is 1400. The monoisotopic (exact) mass is 432 g/mol. The molecule has 1 aliphatic rings. The van der Waals surface area contributed by atoms with Crippen LogP contribution in [0.5, 0.6) is 0 Å². The van der Waals surface area contributed by atoms with E-state index in [9.17, 15) is 4.79 Å². The second kappa shape index (κ2) is 7.42. The number of pyridine rings is 2. The minimum atomic E-state index is -0.167. The van der Waals surface area contributed by atoms with Gasteiger partial charge < -0.3 is 4.90 Å². The Balaban J connectivity index is 1.57. The summed E-state index contributed by atoms with van der Waals surface area (Å²) in [5.41, 5.74) is 7.13. The predicted molar refractivity (Wildman–Crippen MR) is 121 cm³/mol. The van der Waals surface area contributed by atoms with E-state index in [1.165, 1.54) is 10.6 Å². The number of aryl methyl sites for hydroxylation is 2. The van der Waals surface area contributed by atoms with Gasteiger partial charge in [0.2, 0.25) is 0 Å². The highest BCUT2D eigenvalue weighted by Gasteiger charge is 2.23. The molecule has 8 heteroatoms. The lowest BCUT2D eigenvalue weighted by Crippen LogP contribution is -2.34. The van der Waals surface area contributed by atoms with Crippen molar-refractivity contribution in [2.45, 2.75) is 33.7 Å². The van der Waals surface area contributed by atoms with E-state index >= 15 is 0 Å². The van der Waals surface area contributed by atoms with Crippen LogP contribution in [0.25, 0.3) is 16.8 Å². The van der Waals surface area contributed by atoms with Crippen LogP contribution in [0.3, 0.4) is 0 Å². The first-order valence-corrected chi connectivity index (χ1v) is 10.5. The molecule has 4 aromatic heterocycles. The van der Waals surface area contributed by atoms with Crippen LogP contribution >= 0.6 is 11.6 Å². The molecule has 5 rings (SSSR count). The van der Waals surface area contributed by atoms with Gasteiger partial charge in [-0.2, -0.15) is 4.52 Å². The summed E-state index contributed by atoms with van der Waals surface area (Å²) in [4.78, 5) is 28.1. The predicted octanol–water partition coefficient (Wildman–Crippen LogP) is 3.69. The number of anilines is 1. The second-order valence-electron chi connectivity index (χ2n) is 7.90. The molecule has 0 bridgehead atoms. The third-order valence-corrected chi connectivity index (χ3v) is 6.20. The molecule has 0 amide bonds. The van der Waals surface area contributed by atoms with Crippen LogP contribution < -0.4 is 10.5 Å². The molecule has 0 N–H and O–H groups in total. The number of hydrogen-bond acceptors (Lipinski definition) is 6. The standard InChI is InChI=1S/C23H21ClN6O/c1-13-8-21(31)30-22(27-13)14(2)15(3)23(28-30)29-7-5-20-17(12-29)9-16(10-26-20)18-11-25-6-4-19(18)24/h4,6,8-11H,5,7,12H2,1-3H3. The van der Waals surface area contributed by atoms with Crippen LogP contribution in [-0.2, 0) is 13.0 Å². The Morgan fingerprint density at radius 3 is 2.74 bits per heavy atom. The largest absolute Gasteiger partial charge is 0.350 e. The summed E-state index contributed by atoms with van der Waals surface area (Å²) >= 11 is 6.36. The first-order valence-electron chi connectivity index (χ1n) is 10.1. The van der Waals surface area contributed by atoms with Gasteiger partial charge >= 0.3 is 0 Å². The average Bonchev–Trinajstić information content (AvgIpc) is 2.76. The fourth-order valence-electron chi connectivity index (χ4n) is 4.08. The number of halogens is 1. The van der Waals surface area contributed by atoms with Crippen molar-refractivity contribution < 1.29 is 0 Å². The number of aromatic nitrogens is 5. The SMILES string of the molecule is Cc1cc(=O)n2nc(N3CCc4ncc(-c5cnccc5Cl)cc4C3)c(C)c(C)c2n1. The third-order valence-electron chi connectivity index (χ3n) is 5.87. The van der Waals surface area contributed by atoms with Crippen molar-refractivity contribution in [3.63, 3.8) is 0 Å². The van der Waals surface area contributed by atoms with Crippen molar-refractivity contribution in [3.05, 3.63) is 80.2 Å². The maximum absolute atomic E-state index is 12.5. The van der Waals surface area contributed by atoms with E-state index < -0.39 is 0 Å². The molecular formula is C23H21ClN6O. The number of hydrogen-bond donors (Lipinski definition) is 0. The van der Waals surface area contributed by atoms with E-state index in [4.69, 9.17) is 11.6 Å². The van der Waals surface area contributed by atoms with Gasteiger partial charge in [-0.15, -0.1) is 5.10 Å². The molecule has 0 aliphatic carbocycles. The maximum atomic E-state index is 12.5. The summed E-state index contributed by atoms with van der Waals surface area (Å²) in [6.45, 7) is 7.28. The molecule has 4 aromatic rings. The topological polar surface area (TPSA) is 76.3 Å². The van der Waals surface area contributed by atoms with E-state index in [1.807, 2.05) is 27.0 Å². The molecule has 1 aliphatic heterocycles. The van der Waals surface area contributed by atoms with E-state index in [0.717, 1.165) is 52.3 Å². The lowest BCUT2D eigenvalue weighted by atomic mass is 10.0. The maximum Gasteiger partial charge on any atom is 0.274 e. The molecular weight excluding hydrogens is 412 g/mol. The first kappa shape index (κ1) is 19.6. The molecule has 0 aromatic carbocycles. The van der Waals surface area contributed by atoms with E-state index in [-0.39, 0.29) is 5.56 Å². The zero-order valence-electron chi connectivity index (χ0n) is 17.6. The smallest absolute Gasteiger partial charge is 0.274 e. The molecule has 7 nitrogen and oxygen atoms in total. The van der Waals surface area contributed by atoms with Crippen molar-refractivity contribution in [3.8, 4) is 11.1 Å². The van der Waals surface area contributed by atoms with Crippen LogP contribution in [0.4, 0.5) is 5.82 Å². The summed E-state index contributed by atoms with van der Waals surface area (Å²) in [6, 6.07) is 5.41. The molecule has 5 heterocycles. The van der Waals surface area contributed by atoms with Crippen molar-refractivity contribution in [1.29, 1.82) is 0 Å². The van der Waals surface area contributed by atoms with Gasteiger partial charge in [-0.3, -0.25) is 14.8 Å². The lowest BCUT2D eigenvalue weighted by Gasteiger charge is -2.31. The third kappa shape index (κ3) is 3.35. The Kier molecular flexibility index (Phi) is 4.70. The van der Waals surface area contributed by atoms with Crippen LogP contribution in [0.15, 0.2) is 41.6 Å². The van der Waals surface area contributed by atoms with Crippen LogP contribution in [0.2, 0.25) is 5.02 Å². The summed E-state index contributed by atoms with van der Waals surface area (Å²) < 4.78 is 1.41. The molecule has 31 heavy (non-hydrogen) atoms. The van der Waals surface area contributed by atoms with Gasteiger partial charge in [-0.25, -0.2) is 4.98 Å². The highest BCUT2D eigenvalue weighted by Crippen LogP contribution is 2.31. The Hall–Kier alpha value is -3.32. The van der Waals surface area contributed by atoms with Crippen molar-refractivity contribution >= 4 is 23.1 Å².